The van der Waals surface area contributed by atoms with Crippen LogP contribution in [0.25, 0.3) is 0 Å². The Kier molecular flexibility index (Phi) is 6.73. The summed E-state index contributed by atoms with van der Waals surface area (Å²) in [5, 5.41) is 6.17. The quantitative estimate of drug-likeness (QED) is 0.723. The number of aromatic nitrogens is 2. The number of rotatable bonds is 8. The average molecular weight is 326 g/mol. The van der Waals surface area contributed by atoms with E-state index >= 15 is 0 Å². The summed E-state index contributed by atoms with van der Waals surface area (Å²) in [7, 11) is 0. The van der Waals surface area contributed by atoms with Gasteiger partial charge in [0.15, 0.2) is 0 Å². The van der Waals surface area contributed by atoms with E-state index in [1.165, 1.54) is 11.1 Å². The lowest BCUT2D eigenvalue weighted by atomic mass is 10.0. The summed E-state index contributed by atoms with van der Waals surface area (Å²) >= 11 is 0. The Morgan fingerprint density at radius 1 is 1.04 bits per heavy atom. The number of hydrogen-bond acceptors (Lipinski definition) is 4. The first-order valence-electron chi connectivity index (χ1n) is 8.67. The molecule has 0 bridgehead atoms. The van der Waals surface area contributed by atoms with Crippen molar-refractivity contribution in [2.24, 2.45) is 0 Å². The monoisotopic (exact) mass is 326 g/mol. The van der Waals surface area contributed by atoms with Crippen LogP contribution >= 0.6 is 0 Å². The third-order valence-electron chi connectivity index (χ3n) is 3.97. The second-order valence-corrected chi connectivity index (χ2v) is 5.69. The molecular formula is C19H26N4O. The van der Waals surface area contributed by atoms with Crippen LogP contribution < -0.4 is 10.6 Å². The molecule has 1 heterocycles. The number of carbonyl (C=O) groups excluding carboxylic acids is 1. The fourth-order valence-electron chi connectivity index (χ4n) is 2.51. The first-order chi connectivity index (χ1) is 11.7. The van der Waals surface area contributed by atoms with Gasteiger partial charge in [-0.1, -0.05) is 45.4 Å². The molecule has 0 saturated heterocycles. The highest BCUT2D eigenvalue weighted by Crippen LogP contribution is 2.24. The van der Waals surface area contributed by atoms with Crippen LogP contribution in [-0.4, -0.2) is 22.4 Å². The number of unbranched alkanes of at least 4 members (excludes halogenated alkanes) is 1. The minimum Gasteiger partial charge on any atom is -0.352 e. The number of amides is 1. The smallest absolute Gasteiger partial charge is 0.254 e. The Bertz CT molecular complexity index is 645. The van der Waals surface area contributed by atoms with Gasteiger partial charge in [-0.2, -0.15) is 0 Å². The minimum atomic E-state index is -0.127. The van der Waals surface area contributed by atoms with Crippen molar-refractivity contribution in [1.29, 1.82) is 0 Å². The van der Waals surface area contributed by atoms with Crippen LogP contribution in [0.2, 0.25) is 0 Å². The van der Waals surface area contributed by atoms with Crippen LogP contribution in [0.4, 0.5) is 11.6 Å². The molecule has 0 fully saturated rings. The van der Waals surface area contributed by atoms with Gasteiger partial charge in [0, 0.05) is 24.6 Å². The van der Waals surface area contributed by atoms with Gasteiger partial charge in [0.2, 0.25) is 5.95 Å². The minimum absolute atomic E-state index is 0.127. The molecule has 1 aromatic heterocycles. The van der Waals surface area contributed by atoms with Gasteiger partial charge in [0.1, 0.15) is 0 Å². The number of anilines is 2. The van der Waals surface area contributed by atoms with Gasteiger partial charge in [-0.15, -0.1) is 0 Å². The van der Waals surface area contributed by atoms with Crippen LogP contribution in [0, 0.1) is 0 Å². The van der Waals surface area contributed by atoms with Crippen molar-refractivity contribution >= 4 is 17.5 Å². The maximum absolute atomic E-state index is 12.0. The Labute approximate surface area is 143 Å². The number of para-hydroxylation sites is 1. The molecule has 2 rings (SSSR count). The summed E-state index contributed by atoms with van der Waals surface area (Å²) in [4.78, 5) is 20.6. The molecule has 1 amide bonds. The SMILES string of the molecule is CCCCNC(=O)c1cnc(Nc2c(CC)cccc2CC)nc1. The van der Waals surface area contributed by atoms with E-state index < -0.39 is 0 Å². The van der Waals surface area contributed by atoms with Crippen molar-refractivity contribution in [3.05, 3.63) is 47.3 Å². The van der Waals surface area contributed by atoms with Crippen molar-refractivity contribution in [2.75, 3.05) is 11.9 Å². The Balaban J connectivity index is 2.11. The number of aryl methyl sites for hydroxylation is 2. The Hall–Kier alpha value is -2.43. The van der Waals surface area contributed by atoms with E-state index in [-0.39, 0.29) is 5.91 Å². The molecule has 5 nitrogen and oxygen atoms in total. The molecule has 5 heteroatoms. The number of benzene rings is 1. The second kappa shape index (κ2) is 9.01. The highest BCUT2D eigenvalue weighted by atomic mass is 16.1. The van der Waals surface area contributed by atoms with Crippen molar-refractivity contribution in [2.45, 2.75) is 46.5 Å². The molecule has 2 aromatic rings. The molecule has 24 heavy (non-hydrogen) atoms. The van der Waals surface area contributed by atoms with Crippen LogP contribution in [0.1, 0.15) is 55.1 Å². The first-order valence-corrected chi connectivity index (χ1v) is 8.67. The van der Waals surface area contributed by atoms with Crippen molar-refractivity contribution in [3.8, 4) is 0 Å². The largest absolute Gasteiger partial charge is 0.352 e. The third kappa shape index (κ3) is 4.54. The second-order valence-electron chi connectivity index (χ2n) is 5.69. The van der Waals surface area contributed by atoms with Crippen molar-refractivity contribution < 1.29 is 4.79 Å². The van der Waals surface area contributed by atoms with E-state index in [4.69, 9.17) is 0 Å². The summed E-state index contributed by atoms with van der Waals surface area (Å²) in [6, 6.07) is 6.29. The topological polar surface area (TPSA) is 66.9 Å². The van der Waals surface area contributed by atoms with Gasteiger partial charge < -0.3 is 10.6 Å². The summed E-state index contributed by atoms with van der Waals surface area (Å²) in [6.45, 7) is 7.03. The molecule has 0 saturated carbocycles. The van der Waals surface area contributed by atoms with E-state index in [1.807, 2.05) is 0 Å². The normalized spacial score (nSPS) is 10.5. The zero-order valence-electron chi connectivity index (χ0n) is 14.7. The predicted octanol–water partition coefficient (Wildman–Crippen LogP) is 3.87. The lowest BCUT2D eigenvalue weighted by Crippen LogP contribution is -2.24. The van der Waals surface area contributed by atoms with Gasteiger partial charge in [0.25, 0.3) is 5.91 Å². The first kappa shape index (κ1) is 17.9. The molecule has 0 atom stereocenters. The highest BCUT2D eigenvalue weighted by Gasteiger charge is 2.10. The van der Waals surface area contributed by atoms with Crippen molar-refractivity contribution in [1.82, 2.24) is 15.3 Å². The zero-order chi connectivity index (χ0) is 17.4. The summed E-state index contributed by atoms with van der Waals surface area (Å²) in [5.74, 6) is 0.383. The fourth-order valence-corrected chi connectivity index (χ4v) is 2.51. The summed E-state index contributed by atoms with van der Waals surface area (Å²) in [6.07, 6.45) is 7.03. The standard InChI is InChI=1S/C19H26N4O/c1-4-7-11-20-18(24)16-12-21-19(22-13-16)23-17-14(5-2)9-8-10-15(17)6-3/h8-10,12-13H,4-7,11H2,1-3H3,(H,20,24)(H,21,22,23). The molecule has 1 aromatic carbocycles. The van der Waals surface area contributed by atoms with Crippen LogP contribution in [0.5, 0.6) is 0 Å². The van der Waals surface area contributed by atoms with Gasteiger partial charge in [-0.05, 0) is 30.4 Å². The number of carbonyl (C=O) groups is 1. The molecular weight excluding hydrogens is 300 g/mol. The molecule has 0 aliphatic heterocycles. The van der Waals surface area contributed by atoms with Gasteiger partial charge in [-0.3, -0.25) is 4.79 Å². The molecule has 128 valence electrons. The molecule has 0 aliphatic carbocycles. The van der Waals surface area contributed by atoms with Gasteiger partial charge >= 0.3 is 0 Å². The van der Waals surface area contributed by atoms with Crippen LogP contribution in [-0.2, 0) is 12.8 Å². The third-order valence-corrected chi connectivity index (χ3v) is 3.97. The number of nitrogens with zero attached hydrogens (tertiary/aromatic N) is 2. The van der Waals surface area contributed by atoms with Gasteiger partial charge in [-0.25, -0.2) is 9.97 Å². The van der Waals surface area contributed by atoms with E-state index in [0.29, 0.717) is 18.1 Å². The van der Waals surface area contributed by atoms with E-state index in [2.05, 4.69) is 59.6 Å². The Morgan fingerprint density at radius 2 is 1.67 bits per heavy atom. The van der Waals surface area contributed by atoms with Gasteiger partial charge in [0.05, 0.1) is 5.56 Å². The molecule has 0 spiro atoms. The predicted molar refractivity (Wildman–Crippen MR) is 97.8 cm³/mol. The summed E-state index contributed by atoms with van der Waals surface area (Å²) < 4.78 is 0. The maximum Gasteiger partial charge on any atom is 0.254 e. The summed E-state index contributed by atoms with van der Waals surface area (Å²) in [5.41, 5.74) is 4.03. The zero-order valence-corrected chi connectivity index (χ0v) is 14.7. The number of nitrogens with one attached hydrogen (secondary N) is 2. The average Bonchev–Trinajstić information content (AvgIpc) is 2.62. The van der Waals surface area contributed by atoms with Crippen LogP contribution in [0.3, 0.4) is 0 Å². The number of hydrogen-bond donors (Lipinski definition) is 2. The van der Waals surface area contributed by atoms with E-state index in [9.17, 15) is 4.79 Å². The lowest BCUT2D eigenvalue weighted by molar-refractivity contribution is 0.0952. The van der Waals surface area contributed by atoms with E-state index in [1.54, 1.807) is 12.4 Å². The maximum atomic E-state index is 12.0. The highest BCUT2D eigenvalue weighted by molar-refractivity contribution is 5.93. The molecule has 0 unspecified atom stereocenters. The Morgan fingerprint density at radius 3 is 2.21 bits per heavy atom. The molecule has 0 aliphatic rings. The van der Waals surface area contributed by atoms with E-state index in [0.717, 1.165) is 31.4 Å². The van der Waals surface area contributed by atoms with Crippen molar-refractivity contribution in [3.63, 3.8) is 0 Å². The fraction of sp³-hybridized carbons (Fsp3) is 0.421. The van der Waals surface area contributed by atoms with Crippen LogP contribution in [0.15, 0.2) is 30.6 Å². The molecule has 0 radical (unpaired) electrons. The molecule has 2 N–H and O–H groups in total. The lowest BCUT2D eigenvalue weighted by Gasteiger charge is -2.14.